The van der Waals surface area contributed by atoms with Crippen LogP contribution in [0.2, 0.25) is 0 Å². The molecule has 1 atom stereocenters. The number of hydrogen-bond donors (Lipinski definition) is 2. The van der Waals surface area contributed by atoms with Gasteiger partial charge < -0.3 is 10.3 Å². The van der Waals surface area contributed by atoms with E-state index in [1.807, 2.05) is 6.92 Å². The lowest BCUT2D eigenvalue weighted by atomic mass is 10.2. The topological polar surface area (TPSA) is 43.7 Å². The molecule has 0 saturated heterocycles. The molecule has 0 radical (unpaired) electrons. The molecule has 0 aromatic rings. The molecule has 0 saturated carbocycles. The fourth-order valence-corrected chi connectivity index (χ4v) is 0.574. The third-order valence-corrected chi connectivity index (χ3v) is 1.25. The average molecular weight is 133 g/mol. The van der Waals surface area contributed by atoms with Crippen molar-refractivity contribution in [3.05, 3.63) is 0 Å². The van der Waals surface area contributed by atoms with Crippen molar-refractivity contribution in [3.8, 4) is 0 Å². The lowest BCUT2D eigenvalue weighted by Gasteiger charge is -2.15. The predicted octanol–water partition coefficient (Wildman–Crippen LogP) is 0.816. The maximum absolute atomic E-state index is 8.93. The summed E-state index contributed by atoms with van der Waals surface area (Å²) in [5, 5.41) is 18.4. The number of nitrogens with zero attached hydrogens (tertiary/aromatic N) is 1. The van der Waals surface area contributed by atoms with Gasteiger partial charge in [0.05, 0.1) is 0 Å². The second-order valence-corrected chi connectivity index (χ2v) is 2.20. The summed E-state index contributed by atoms with van der Waals surface area (Å²) in [5.74, 6) is 0. The molecule has 0 aromatic heterocycles. The van der Waals surface area contributed by atoms with Crippen LogP contribution >= 0.6 is 0 Å². The fraction of sp³-hybridized carbons (Fsp3) is 1.00. The molecular weight excluding hydrogens is 118 g/mol. The van der Waals surface area contributed by atoms with Crippen LogP contribution in [-0.4, -0.2) is 28.7 Å². The summed E-state index contributed by atoms with van der Waals surface area (Å²) >= 11 is 0. The number of rotatable bonds is 4. The Kier molecular flexibility index (Phi) is 4.67. The standard InChI is InChI=1S/C6H15NO2/c1-3-4-5-6(8)7(2)9/h6,8-9H,3-5H2,1-2H3. The van der Waals surface area contributed by atoms with Gasteiger partial charge in [0, 0.05) is 7.05 Å². The fourth-order valence-electron chi connectivity index (χ4n) is 0.574. The molecule has 0 aliphatic carbocycles. The van der Waals surface area contributed by atoms with E-state index < -0.39 is 6.23 Å². The van der Waals surface area contributed by atoms with E-state index >= 15 is 0 Å². The Morgan fingerprint density at radius 1 is 1.56 bits per heavy atom. The normalized spacial score (nSPS) is 14.3. The zero-order valence-corrected chi connectivity index (χ0v) is 6.04. The second-order valence-electron chi connectivity index (χ2n) is 2.20. The van der Waals surface area contributed by atoms with Crippen molar-refractivity contribution in [1.82, 2.24) is 5.06 Å². The van der Waals surface area contributed by atoms with E-state index in [4.69, 9.17) is 10.3 Å². The minimum absolute atomic E-state index is 0.642. The van der Waals surface area contributed by atoms with Gasteiger partial charge in [-0.1, -0.05) is 13.3 Å². The van der Waals surface area contributed by atoms with Gasteiger partial charge in [-0.25, -0.2) is 0 Å². The summed E-state index contributed by atoms with van der Waals surface area (Å²) in [7, 11) is 1.44. The molecule has 0 amide bonds. The van der Waals surface area contributed by atoms with Crippen molar-refractivity contribution >= 4 is 0 Å². The van der Waals surface area contributed by atoms with E-state index in [0.717, 1.165) is 17.9 Å². The molecule has 1 unspecified atom stereocenters. The van der Waals surface area contributed by atoms with Gasteiger partial charge in [-0.2, -0.15) is 5.06 Å². The van der Waals surface area contributed by atoms with Gasteiger partial charge in [0.2, 0.25) is 0 Å². The molecule has 0 bridgehead atoms. The summed E-state index contributed by atoms with van der Waals surface area (Å²) in [6.07, 6.45) is 1.95. The first-order valence-electron chi connectivity index (χ1n) is 3.28. The van der Waals surface area contributed by atoms with Gasteiger partial charge in [-0.3, -0.25) is 0 Å². The van der Waals surface area contributed by atoms with Crippen LogP contribution in [0.3, 0.4) is 0 Å². The number of aliphatic hydroxyl groups is 1. The van der Waals surface area contributed by atoms with Crippen molar-refractivity contribution in [2.45, 2.75) is 32.4 Å². The lowest BCUT2D eigenvalue weighted by Crippen LogP contribution is -2.27. The van der Waals surface area contributed by atoms with Crippen LogP contribution in [0.1, 0.15) is 26.2 Å². The molecule has 56 valence electrons. The summed E-state index contributed by atoms with van der Waals surface area (Å²) < 4.78 is 0. The highest BCUT2D eigenvalue weighted by atomic mass is 16.5. The Morgan fingerprint density at radius 2 is 2.11 bits per heavy atom. The van der Waals surface area contributed by atoms with Crippen molar-refractivity contribution in [2.75, 3.05) is 7.05 Å². The predicted molar refractivity (Wildman–Crippen MR) is 35.1 cm³/mol. The first-order chi connectivity index (χ1) is 4.18. The van der Waals surface area contributed by atoms with Crippen LogP contribution in [0.4, 0.5) is 0 Å². The highest BCUT2D eigenvalue weighted by molar-refractivity contribution is 4.45. The largest absolute Gasteiger partial charge is 0.376 e. The summed E-state index contributed by atoms with van der Waals surface area (Å²) in [4.78, 5) is 0. The minimum Gasteiger partial charge on any atom is -0.376 e. The van der Waals surface area contributed by atoms with E-state index in [1.165, 1.54) is 7.05 Å². The maximum Gasteiger partial charge on any atom is 0.129 e. The van der Waals surface area contributed by atoms with Gasteiger partial charge >= 0.3 is 0 Å². The molecule has 2 N–H and O–H groups in total. The van der Waals surface area contributed by atoms with E-state index in [1.54, 1.807) is 0 Å². The zero-order valence-electron chi connectivity index (χ0n) is 6.04. The average Bonchev–Trinajstić information content (AvgIpc) is 1.82. The summed E-state index contributed by atoms with van der Waals surface area (Å²) in [5.41, 5.74) is 0. The molecule has 0 fully saturated rings. The van der Waals surface area contributed by atoms with Gasteiger partial charge in [-0.15, -0.1) is 0 Å². The SMILES string of the molecule is CCCCC(O)N(C)O. The Labute approximate surface area is 55.9 Å². The third-order valence-electron chi connectivity index (χ3n) is 1.25. The van der Waals surface area contributed by atoms with Crippen molar-refractivity contribution in [1.29, 1.82) is 0 Å². The Balaban J connectivity index is 3.16. The smallest absolute Gasteiger partial charge is 0.129 e. The van der Waals surface area contributed by atoms with Crippen LogP contribution < -0.4 is 0 Å². The molecule has 0 aliphatic rings. The first kappa shape index (κ1) is 8.88. The molecule has 0 heterocycles. The highest BCUT2D eigenvalue weighted by Gasteiger charge is 2.05. The maximum atomic E-state index is 8.93. The molecule has 0 aliphatic heterocycles. The number of hydroxylamine groups is 2. The van der Waals surface area contributed by atoms with E-state index in [0.29, 0.717) is 6.42 Å². The molecule has 0 spiro atoms. The van der Waals surface area contributed by atoms with Crippen LogP contribution in [0.25, 0.3) is 0 Å². The van der Waals surface area contributed by atoms with Gasteiger partial charge in [0.1, 0.15) is 6.23 Å². The molecular formula is C6H15NO2. The molecule has 3 nitrogen and oxygen atoms in total. The number of aliphatic hydroxyl groups excluding tert-OH is 1. The van der Waals surface area contributed by atoms with Crippen LogP contribution in [0.5, 0.6) is 0 Å². The summed E-state index contributed by atoms with van der Waals surface area (Å²) in [6, 6.07) is 0. The highest BCUT2D eigenvalue weighted by Crippen LogP contribution is 2.00. The van der Waals surface area contributed by atoms with Crippen LogP contribution in [-0.2, 0) is 0 Å². The monoisotopic (exact) mass is 133 g/mol. The van der Waals surface area contributed by atoms with Gasteiger partial charge in [-0.05, 0) is 12.8 Å². The van der Waals surface area contributed by atoms with Crippen LogP contribution in [0.15, 0.2) is 0 Å². The molecule has 0 rings (SSSR count). The van der Waals surface area contributed by atoms with Crippen molar-refractivity contribution < 1.29 is 10.3 Å². The molecule has 9 heavy (non-hydrogen) atoms. The quantitative estimate of drug-likeness (QED) is 0.440. The van der Waals surface area contributed by atoms with Gasteiger partial charge in [0.25, 0.3) is 0 Å². The third kappa shape index (κ3) is 4.39. The van der Waals surface area contributed by atoms with Gasteiger partial charge in [0.15, 0.2) is 0 Å². The molecule has 3 heteroatoms. The van der Waals surface area contributed by atoms with Crippen molar-refractivity contribution in [3.63, 3.8) is 0 Å². The Morgan fingerprint density at radius 3 is 2.44 bits per heavy atom. The summed E-state index contributed by atoms with van der Waals surface area (Å²) in [6.45, 7) is 2.05. The minimum atomic E-state index is -0.690. The number of hydrogen-bond acceptors (Lipinski definition) is 3. The van der Waals surface area contributed by atoms with E-state index in [9.17, 15) is 0 Å². The zero-order chi connectivity index (χ0) is 7.28. The Hall–Kier alpha value is -0.120. The Bertz CT molecular complexity index is 66.1. The molecule has 0 aromatic carbocycles. The second kappa shape index (κ2) is 4.73. The van der Waals surface area contributed by atoms with E-state index in [2.05, 4.69) is 0 Å². The van der Waals surface area contributed by atoms with Crippen molar-refractivity contribution in [2.24, 2.45) is 0 Å². The van der Waals surface area contributed by atoms with Crippen LogP contribution in [0, 0.1) is 0 Å². The lowest BCUT2D eigenvalue weighted by molar-refractivity contribution is -0.179. The number of unbranched alkanes of at least 4 members (excludes halogenated alkanes) is 1. The first-order valence-corrected chi connectivity index (χ1v) is 3.28. The van der Waals surface area contributed by atoms with E-state index in [-0.39, 0.29) is 0 Å².